The van der Waals surface area contributed by atoms with Gasteiger partial charge in [0.2, 0.25) is 0 Å². The number of hydrogen-bond acceptors (Lipinski definition) is 3. The van der Waals surface area contributed by atoms with Crippen molar-refractivity contribution in [2.45, 2.75) is 19.9 Å². The first-order valence-electron chi connectivity index (χ1n) is 6.43. The number of carboxylic acids is 1. The molecule has 19 heavy (non-hydrogen) atoms. The summed E-state index contributed by atoms with van der Waals surface area (Å²) in [6.45, 7) is 4.00. The third kappa shape index (κ3) is 3.45. The van der Waals surface area contributed by atoms with Crippen LogP contribution in [0.2, 0.25) is 0 Å². The molecule has 2 rings (SSSR count). The standard InChI is InChI=1S/C15H17NO3/c1-2-8-16-10-13-6-7-14(19-13)11-4-3-5-12(9-11)15(17)18/h3-7,9,16H,2,8,10H2,1H3,(H,17,18). The summed E-state index contributed by atoms with van der Waals surface area (Å²) < 4.78 is 5.71. The fourth-order valence-electron chi connectivity index (χ4n) is 1.89. The lowest BCUT2D eigenvalue weighted by atomic mass is 10.1. The number of quaternary nitrogens is 1. The Morgan fingerprint density at radius 2 is 2.16 bits per heavy atom. The maximum absolute atomic E-state index is 10.8. The molecule has 0 radical (unpaired) electrons. The molecule has 1 heterocycles. The van der Waals surface area contributed by atoms with Gasteiger partial charge in [-0.05, 0) is 30.2 Å². The van der Waals surface area contributed by atoms with Crippen LogP contribution in [0.4, 0.5) is 0 Å². The number of hydrogen-bond donors (Lipinski definition) is 1. The van der Waals surface area contributed by atoms with E-state index in [2.05, 4.69) is 12.2 Å². The van der Waals surface area contributed by atoms with Gasteiger partial charge in [-0.25, -0.2) is 0 Å². The highest BCUT2D eigenvalue weighted by Gasteiger charge is 2.06. The number of nitrogens with two attached hydrogens (primary N) is 1. The van der Waals surface area contributed by atoms with E-state index in [9.17, 15) is 9.90 Å². The average Bonchev–Trinajstić information content (AvgIpc) is 2.88. The second-order valence-corrected chi connectivity index (χ2v) is 4.42. The molecule has 0 fully saturated rings. The van der Waals surface area contributed by atoms with E-state index in [1.165, 1.54) is 6.07 Å². The third-order valence-corrected chi connectivity index (χ3v) is 2.88. The number of benzene rings is 1. The normalized spacial score (nSPS) is 10.6. The Balaban J connectivity index is 2.13. The van der Waals surface area contributed by atoms with E-state index in [1.807, 2.05) is 18.2 Å². The van der Waals surface area contributed by atoms with E-state index < -0.39 is 5.97 Å². The van der Waals surface area contributed by atoms with Crippen LogP contribution in [0.15, 0.2) is 40.8 Å². The molecule has 0 saturated heterocycles. The van der Waals surface area contributed by atoms with Crippen molar-refractivity contribution in [3.05, 3.63) is 47.7 Å². The maximum Gasteiger partial charge on any atom is 0.158 e. The number of carbonyl (C=O) groups is 1. The summed E-state index contributed by atoms with van der Waals surface area (Å²) in [5.74, 6) is 0.398. The number of carboxylic acid groups (broad SMARTS) is 1. The Labute approximate surface area is 112 Å². The zero-order valence-electron chi connectivity index (χ0n) is 10.9. The van der Waals surface area contributed by atoms with Gasteiger partial charge < -0.3 is 19.6 Å². The fourth-order valence-corrected chi connectivity index (χ4v) is 1.89. The lowest BCUT2D eigenvalue weighted by Gasteiger charge is -2.03. The van der Waals surface area contributed by atoms with Crippen molar-refractivity contribution >= 4 is 5.97 Å². The Morgan fingerprint density at radius 1 is 1.32 bits per heavy atom. The summed E-state index contributed by atoms with van der Waals surface area (Å²) in [6, 6.07) is 10.4. The van der Waals surface area contributed by atoms with Crippen LogP contribution in [0.1, 0.15) is 29.5 Å². The number of rotatable bonds is 6. The van der Waals surface area contributed by atoms with Gasteiger partial charge in [-0.1, -0.05) is 25.1 Å². The summed E-state index contributed by atoms with van der Waals surface area (Å²) in [4.78, 5) is 10.8. The lowest BCUT2D eigenvalue weighted by Crippen LogP contribution is -2.82. The highest BCUT2D eigenvalue weighted by Crippen LogP contribution is 2.22. The van der Waals surface area contributed by atoms with Crippen LogP contribution in [0.3, 0.4) is 0 Å². The van der Waals surface area contributed by atoms with Crippen molar-refractivity contribution in [3.8, 4) is 11.3 Å². The van der Waals surface area contributed by atoms with E-state index >= 15 is 0 Å². The van der Waals surface area contributed by atoms with Crippen LogP contribution >= 0.6 is 0 Å². The minimum atomic E-state index is -1.18. The van der Waals surface area contributed by atoms with Gasteiger partial charge in [0.25, 0.3) is 0 Å². The smallest absolute Gasteiger partial charge is 0.158 e. The largest absolute Gasteiger partial charge is 0.545 e. The first kappa shape index (κ1) is 13.4. The second kappa shape index (κ2) is 6.20. The van der Waals surface area contributed by atoms with Gasteiger partial charge in [-0.3, -0.25) is 0 Å². The average molecular weight is 259 g/mol. The molecule has 1 aromatic heterocycles. The highest BCUT2D eigenvalue weighted by atomic mass is 16.4. The fraction of sp³-hybridized carbons (Fsp3) is 0.267. The molecule has 4 nitrogen and oxygen atoms in total. The minimum Gasteiger partial charge on any atom is -0.545 e. The summed E-state index contributed by atoms with van der Waals surface area (Å²) in [5, 5.41) is 13.0. The lowest BCUT2D eigenvalue weighted by molar-refractivity contribution is -0.672. The molecule has 1 aromatic carbocycles. The molecule has 0 atom stereocenters. The van der Waals surface area contributed by atoms with Crippen molar-refractivity contribution in [2.24, 2.45) is 0 Å². The molecule has 0 unspecified atom stereocenters. The molecule has 0 saturated carbocycles. The molecular weight excluding hydrogens is 242 g/mol. The van der Waals surface area contributed by atoms with E-state index in [-0.39, 0.29) is 5.56 Å². The van der Waals surface area contributed by atoms with Crippen molar-refractivity contribution in [3.63, 3.8) is 0 Å². The van der Waals surface area contributed by atoms with Crippen LogP contribution in [-0.4, -0.2) is 12.5 Å². The van der Waals surface area contributed by atoms with Crippen molar-refractivity contribution in [2.75, 3.05) is 6.54 Å². The van der Waals surface area contributed by atoms with Crippen LogP contribution in [-0.2, 0) is 6.54 Å². The number of furan rings is 1. The van der Waals surface area contributed by atoms with Crippen molar-refractivity contribution in [1.82, 2.24) is 0 Å². The van der Waals surface area contributed by atoms with Crippen LogP contribution in [0.5, 0.6) is 0 Å². The van der Waals surface area contributed by atoms with Gasteiger partial charge in [0.1, 0.15) is 12.3 Å². The second-order valence-electron chi connectivity index (χ2n) is 4.42. The SMILES string of the molecule is CCC[NH2+]Cc1ccc(-c2cccc(C(=O)[O-])c2)o1. The first-order valence-corrected chi connectivity index (χ1v) is 6.43. The van der Waals surface area contributed by atoms with Gasteiger partial charge in [0.05, 0.1) is 12.5 Å². The topological polar surface area (TPSA) is 69.9 Å². The van der Waals surface area contributed by atoms with Crippen molar-refractivity contribution in [1.29, 1.82) is 0 Å². The zero-order chi connectivity index (χ0) is 13.7. The van der Waals surface area contributed by atoms with Crippen LogP contribution in [0, 0.1) is 0 Å². The quantitative estimate of drug-likeness (QED) is 0.779. The predicted octanol–water partition coefficient (Wildman–Crippen LogP) is 0.783. The van der Waals surface area contributed by atoms with Gasteiger partial charge in [0.15, 0.2) is 5.76 Å². The van der Waals surface area contributed by atoms with E-state index in [4.69, 9.17) is 4.42 Å². The van der Waals surface area contributed by atoms with Gasteiger partial charge in [-0.2, -0.15) is 0 Å². The summed E-state index contributed by atoms with van der Waals surface area (Å²) >= 11 is 0. The summed E-state index contributed by atoms with van der Waals surface area (Å²) in [7, 11) is 0. The van der Waals surface area contributed by atoms with Crippen LogP contribution < -0.4 is 10.4 Å². The van der Waals surface area contributed by atoms with Gasteiger partial charge >= 0.3 is 0 Å². The molecule has 4 heteroatoms. The summed E-state index contributed by atoms with van der Waals surface area (Å²) in [6.07, 6.45) is 1.13. The maximum atomic E-state index is 10.8. The number of carbonyl (C=O) groups excluding carboxylic acids is 1. The van der Waals surface area contributed by atoms with Gasteiger partial charge in [0, 0.05) is 5.56 Å². The van der Waals surface area contributed by atoms with Crippen LogP contribution in [0.25, 0.3) is 11.3 Å². The first-order chi connectivity index (χ1) is 9.20. The third-order valence-electron chi connectivity index (χ3n) is 2.88. The van der Waals surface area contributed by atoms with E-state index in [0.717, 1.165) is 30.8 Å². The number of aromatic carboxylic acids is 1. The Bertz CT molecular complexity index is 560. The Kier molecular flexibility index (Phi) is 4.36. The monoisotopic (exact) mass is 259 g/mol. The summed E-state index contributed by atoms with van der Waals surface area (Å²) in [5.41, 5.74) is 0.913. The molecule has 0 bridgehead atoms. The van der Waals surface area contributed by atoms with E-state index in [1.54, 1.807) is 12.1 Å². The Morgan fingerprint density at radius 3 is 2.89 bits per heavy atom. The predicted molar refractivity (Wildman–Crippen MR) is 69.3 cm³/mol. The molecule has 2 N–H and O–H groups in total. The van der Waals surface area contributed by atoms with Gasteiger partial charge in [-0.15, -0.1) is 0 Å². The minimum absolute atomic E-state index is 0.160. The molecule has 0 amide bonds. The molecule has 0 aliphatic rings. The molecule has 0 aliphatic heterocycles. The molecule has 0 spiro atoms. The Hall–Kier alpha value is -2.07. The van der Waals surface area contributed by atoms with E-state index in [0.29, 0.717) is 5.76 Å². The van der Waals surface area contributed by atoms with Crippen molar-refractivity contribution < 1.29 is 19.6 Å². The zero-order valence-corrected chi connectivity index (χ0v) is 10.9. The molecule has 100 valence electrons. The molecule has 0 aliphatic carbocycles. The molecular formula is C15H17NO3. The molecule has 2 aromatic rings. The highest BCUT2D eigenvalue weighted by molar-refractivity contribution is 5.87.